The van der Waals surface area contributed by atoms with E-state index in [-0.39, 0.29) is 12.1 Å². The van der Waals surface area contributed by atoms with Crippen LogP contribution in [-0.4, -0.2) is 12.1 Å². The lowest BCUT2D eigenvalue weighted by Gasteiger charge is -2.61. The molecule has 5 aliphatic rings. The summed E-state index contributed by atoms with van der Waals surface area (Å²) in [4.78, 5) is 11.6. The van der Waals surface area contributed by atoms with E-state index in [0.717, 1.165) is 42.4 Å². The van der Waals surface area contributed by atoms with Crippen LogP contribution in [-0.2, 0) is 9.53 Å². The molecule has 2 heteroatoms. The number of fused-ring (bicyclic) bond motifs is 2. The molecule has 0 N–H and O–H groups in total. The Hall–Kier alpha value is -0.530. The van der Waals surface area contributed by atoms with Crippen molar-refractivity contribution < 1.29 is 9.53 Å². The van der Waals surface area contributed by atoms with Crippen molar-refractivity contribution in [2.75, 3.05) is 0 Å². The minimum atomic E-state index is -0.0781. The van der Waals surface area contributed by atoms with Crippen LogP contribution in [0.15, 0.2) is 0 Å². The zero-order chi connectivity index (χ0) is 22.9. The van der Waals surface area contributed by atoms with Crippen LogP contribution in [0.4, 0.5) is 0 Å². The first-order valence-electron chi connectivity index (χ1n) is 14.3. The summed E-state index contributed by atoms with van der Waals surface area (Å²) >= 11 is 0. The Bertz CT molecular complexity index is 743. The molecule has 9 atom stereocenters. The lowest BCUT2D eigenvalue weighted by Crippen LogP contribution is -2.55. The van der Waals surface area contributed by atoms with Crippen LogP contribution in [0.25, 0.3) is 0 Å². The van der Waals surface area contributed by atoms with Crippen LogP contribution in [0.3, 0.4) is 0 Å². The number of esters is 1. The van der Waals surface area contributed by atoms with Crippen LogP contribution in [0.1, 0.15) is 125 Å². The third kappa shape index (κ3) is 3.12. The molecular weight excluding hydrogens is 392 g/mol. The summed E-state index contributed by atoms with van der Waals surface area (Å²) in [5.41, 5.74) is 2.34. The number of ether oxygens (including phenoxy) is 1. The van der Waals surface area contributed by atoms with Crippen molar-refractivity contribution in [1.82, 2.24) is 0 Å². The lowest BCUT2D eigenvalue weighted by atomic mass is 9.43. The Balaban J connectivity index is 1.32. The van der Waals surface area contributed by atoms with E-state index in [4.69, 9.17) is 4.74 Å². The third-order valence-corrected chi connectivity index (χ3v) is 12.6. The molecule has 0 amide bonds. The fourth-order valence-electron chi connectivity index (χ4n) is 11.0. The highest BCUT2D eigenvalue weighted by Gasteiger charge is 2.80. The van der Waals surface area contributed by atoms with Crippen LogP contribution in [0, 0.1) is 51.2 Å². The molecule has 0 aromatic carbocycles. The first kappa shape index (κ1) is 23.2. The minimum absolute atomic E-state index is 0.0781. The maximum Gasteiger partial charge on any atom is 0.302 e. The van der Waals surface area contributed by atoms with E-state index in [9.17, 15) is 4.79 Å². The zero-order valence-corrected chi connectivity index (χ0v) is 22.0. The van der Waals surface area contributed by atoms with Crippen molar-refractivity contribution in [3.63, 3.8) is 0 Å². The van der Waals surface area contributed by atoms with Crippen molar-refractivity contribution in [2.24, 2.45) is 51.2 Å². The molecule has 5 saturated carbocycles. The number of rotatable bonds is 6. The van der Waals surface area contributed by atoms with Crippen molar-refractivity contribution >= 4 is 5.97 Å². The summed E-state index contributed by atoms with van der Waals surface area (Å²) in [7, 11) is 0. The van der Waals surface area contributed by atoms with Gasteiger partial charge in [0, 0.05) is 6.92 Å². The van der Waals surface area contributed by atoms with Crippen molar-refractivity contribution in [3.8, 4) is 0 Å². The predicted octanol–water partition coefficient (Wildman–Crippen LogP) is 8.18. The summed E-state index contributed by atoms with van der Waals surface area (Å²) in [6, 6.07) is 0. The fourth-order valence-corrected chi connectivity index (χ4v) is 11.0. The SMILES string of the molecule is CC(=O)O[C@H]1CC[C@]23C[C@]24CC[C@]2(C)[C@@H]([C@H](C)CCCC(C)C)CC[C@]2(C)[C@H]4CC[C@@H]3C1. The molecule has 0 aromatic rings. The van der Waals surface area contributed by atoms with E-state index >= 15 is 0 Å². The van der Waals surface area contributed by atoms with Gasteiger partial charge >= 0.3 is 5.97 Å². The second-order valence-corrected chi connectivity index (χ2v) is 14.1. The van der Waals surface area contributed by atoms with E-state index in [2.05, 4.69) is 34.6 Å². The van der Waals surface area contributed by atoms with Gasteiger partial charge in [0.15, 0.2) is 0 Å². The molecule has 5 fully saturated rings. The van der Waals surface area contributed by atoms with Gasteiger partial charge in [0.05, 0.1) is 0 Å². The molecular formula is C30H50O2. The van der Waals surface area contributed by atoms with Gasteiger partial charge in [0.2, 0.25) is 0 Å². The molecule has 0 saturated heterocycles. The minimum Gasteiger partial charge on any atom is -0.463 e. The Kier molecular flexibility index (Phi) is 5.62. The molecule has 182 valence electrons. The Morgan fingerprint density at radius 1 is 0.906 bits per heavy atom. The predicted molar refractivity (Wildman–Crippen MR) is 131 cm³/mol. The van der Waals surface area contributed by atoms with Crippen LogP contribution < -0.4 is 0 Å². The molecule has 0 aromatic heterocycles. The molecule has 0 bridgehead atoms. The monoisotopic (exact) mass is 442 g/mol. The van der Waals surface area contributed by atoms with Gasteiger partial charge in [-0.05, 0) is 115 Å². The van der Waals surface area contributed by atoms with Gasteiger partial charge in [-0.15, -0.1) is 0 Å². The van der Waals surface area contributed by atoms with Crippen LogP contribution in [0.5, 0.6) is 0 Å². The van der Waals surface area contributed by atoms with E-state index < -0.39 is 0 Å². The molecule has 0 unspecified atom stereocenters. The van der Waals surface area contributed by atoms with E-state index in [1.165, 1.54) is 70.6 Å². The highest BCUT2D eigenvalue weighted by molar-refractivity contribution is 5.66. The van der Waals surface area contributed by atoms with Gasteiger partial charge in [0.25, 0.3) is 0 Å². The average molecular weight is 443 g/mol. The number of carbonyl (C=O) groups excluding carboxylic acids is 1. The van der Waals surface area contributed by atoms with E-state index in [1.54, 1.807) is 6.92 Å². The molecule has 0 heterocycles. The smallest absolute Gasteiger partial charge is 0.302 e. The van der Waals surface area contributed by atoms with E-state index in [1.807, 2.05) is 0 Å². The fraction of sp³-hybridized carbons (Fsp3) is 0.967. The molecule has 2 nitrogen and oxygen atoms in total. The Labute approximate surface area is 198 Å². The Morgan fingerprint density at radius 2 is 1.69 bits per heavy atom. The standard InChI is InChI=1S/C30H50O2/c1-20(2)8-7-9-21(3)25-13-14-28(6)26-11-10-23-18-24(32-22(4)31)12-15-29(23)19-30(26,29)17-16-27(25,28)5/h20-21,23-26H,7-19H2,1-6H3/t21-,23-,24+,25-,26-,27-,28-,29-,30+/m1/s1. The van der Waals surface area contributed by atoms with Gasteiger partial charge in [-0.25, -0.2) is 0 Å². The maximum atomic E-state index is 11.6. The van der Waals surface area contributed by atoms with Gasteiger partial charge < -0.3 is 4.74 Å². The molecule has 2 spiro atoms. The van der Waals surface area contributed by atoms with Gasteiger partial charge in [0.1, 0.15) is 6.10 Å². The normalized spacial score (nSPS) is 50.1. The average Bonchev–Trinajstić information content (AvgIpc) is 3.29. The quantitative estimate of drug-likeness (QED) is 0.388. The van der Waals surface area contributed by atoms with Crippen molar-refractivity contribution in [1.29, 1.82) is 0 Å². The topological polar surface area (TPSA) is 26.3 Å². The van der Waals surface area contributed by atoms with Gasteiger partial charge in [-0.2, -0.15) is 0 Å². The van der Waals surface area contributed by atoms with Gasteiger partial charge in [-0.3, -0.25) is 4.79 Å². The summed E-state index contributed by atoms with van der Waals surface area (Å²) in [6.07, 6.45) is 18.3. The highest BCUT2D eigenvalue weighted by Crippen LogP contribution is 2.87. The summed E-state index contributed by atoms with van der Waals surface area (Å²) in [5.74, 6) is 4.35. The third-order valence-electron chi connectivity index (χ3n) is 12.6. The maximum absolute atomic E-state index is 11.6. The summed E-state index contributed by atoms with van der Waals surface area (Å²) in [6.45, 7) is 14.4. The largest absolute Gasteiger partial charge is 0.463 e. The summed E-state index contributed by atoms with van der Waals surface area (Å²) in [5, 5.41) is 0. The number of hydrogen-bond acceptors (Lipinski definition) is 2. The second kappa shape index (κ2) is 7.74. The molecule has 0 aliphatic heterocycles. The van der Waals surface area contributed by atoms with Crippen LogP contribution in [0.2, 0.25) is 0 Å². The van der Waals surface area contributed by atoms with Gasteiger partial charge in [-0.1, -0.05) is 53.9 Å². The van der Waals surface area contributed by atoms with Crippen LogP contribution >= 0.6 is 0 Å². The second-order valence-electron chi connectivity index (χ2n) is 14.1. The van der Waals surface area contributed by atoms with E-state index in [0.29, 0.717) is 21.7 Å². The first-order chi connectivity index (χ1) is 15.1. The molecule has 5 rings (SSSR count). The number of hydrogen-bond donors (Lipinski definition) is 0. The lowest BCUT2D eigenvalue weighted by molar-refractivity contribution is -0.156. The highest BCUT2D eigenvalue weighted by atomic mass is 16.5. The molecule has 32 heavy (non-hydrogen) atoms. The number of carbonyl (C=O) groups is 1. The van der Waals surface area contributed by atoms with Crippen molar-refractivity contribution in [3.05, 3.63) is 0 Å². The van der Waals surface area contributed by atoms with Crippen molar-refractivity contribution in [2.45, 2.75) is 131 Å². The molecule has 5 aliphatic carbocycles. The first-order valence-corrected chi connectivity index (χ1v) is 14.3. The summed E-state index contributed by atoms with van der Waals surface area (Å²) < 4.78 is 5.69. The molecule has 0 radical (unpaired) electrons. The zero-order valence-electron chi connectivity index (χ0n) is 22.0. The Morgan fingerprint density at radius 3 is 2.41 bits per heavy atom.